The van der Waals surface area contributed by atoms with E-state index in [-0.39, 0.29) is 11.9 Å². The number of carbonyl (C=O) groups excluding carboxylic acids is 2. The number of anilines is 2. The normalized spacial score (nSPS) is 16.5. The Kier molecular flexibility index (Phi) is 6.88. The molecule has 0 aliphatic carbocycles. The topological polar surface area (TPSA) is 113 Å². The Balaban J connectivity index is 1.41. The number of pyridine rings is 1. The Morgan fingerprint density at radius 2 is 1.81 bits per heavy atom. The second-order valence-corrected chi connectivity index (χ2v) is 9.40. The molecule has 1 aromatic heterocycles. The summed E-state index contributed by atoms with van der Waals surface area (Å²) in [6.45, 7) is 9.71. The number of nitrogen functional groups attached to an aromatic ring is 1. The third-order valence-electron chi connectivity index (χ3n) is 6.51. The van der Waals surface area contributed by atoms with Crippen LogP contribution < -0.4 is 25.3 Å². The molecule has 0 saturated carbocycles. The van der Waals surface area contributed by atoms with Gasteiger partial charge in [-0.3, -0.25) is 9.59 Å². The number of hydrogen-bond acceptors (Lipinski definition) is 7. The zero-order valence-corrected chi connectivity index (χ0v) is 21.2. The number of esters is 1. The van der Waals surface area contributed by atoms with Crippen LogP contribution in [-0.4, -0.2) is 29.1 Å². The number of amides is 1. The Labute approximate surface area is 210 Å². The number of hydrogen-bond donors (Lipinski definition) is 2. The Bertz CT molecular complexity index is 1300. The maximum Gasteiger partial charge on any atom is 0.308 e. The van der Waals surface area contributed by atoms with Crippen LogP contribution in [0.5, 0.6) is 17.2 Å². The summed E-state index contributed by atoms with van der Waals surface area (Å²) in [5.41, 5.74) is 10.0. The highest BCUT2D eigenvalue weighted by molar-refractivity contribution is 6.04. The SMILES string of the molecule is CC(=O)Oc1c(C)c(C)c2c(c1C)CCC(C)(COc1ccc(NC(=O)c3ccc(N)nc3)cc1)O2. The highest BCUT2D eigenvalue weighted by Gasteiger charge is 2.35. The maximum atomic E-state index is 12.4. The van der Waals surface area contributed by atoms with Crippen molar-refractivity contribution in [3.05, 3.63) is 70.4 Å². The van der Waals surface area contributed by atoms with Crippen LogP contribution in [0.2, 0.25) is 0 Å². The summed E-state index contributed by atoms with van der Waals surface area (Å²) in [6.07, 6.45) is 2.99. The molecule has 3 aromatic rings. The second kappa shape index (κ2) is 9.89. The van der Waals surface area contributed by atoms with E-state index in [4.69, 9.17) is 19.9 Å². The minimum Gasteiger partial charge on any atom is -0.489 e. The van der Waals surface area contributed by atoms with E-state index in [0.717, 1.165) is 40.8 Å². The zero-order chi connectivity index (χ0) is 26.0. The highest BCUT2D eigenvalue weighted by atomic mass is 16.5. The summed E-state index contributed by atoms with van der Waals surface area (Å²) >= 11 is 0. The monoisotopic (exact) mass is 489 g/mol. The van der Waals surface area contributed by atoms with Crippen molar-refractivity contribution in [2.45, 2.75) is 53.1 Å². The number of rotatable bonds is 6. The molecule has 1 amide bonds. The van der Waals surface area contributed by atoms with E-state index in [1.54, 1.807) is 24.3 Å². The van der Waals surface area contributed by atoms with Crippen molar-refractivity contribution in [3.8, 4) is 17.2 Å². The third-order valence-corrected chi connectivity index (χ3v) is 6.51. The molecule has 1 atom stereocenters. The van der Waals surface area contributed by atoms with Gasteiger partial charge < -0.3 is 25.3 Å². The minimum absolute atomic E-state index is 0.268. The Morgan fingerprint density at radius 3 is 2.44 bits per heavy atom. The second-order valence-electron chi connectivity index (χ2n) is 9.40. The highest BCUT2D eigenvalue weighted by Crippen LogP contribution is 2.44. The molecule has 1 unspecified atom stereocenters. The molecule has 2 heterocycles. The summed E-state index contributed by atoms with van der Waals surface area (Å²) in [6, 6.07) is 10.4. The van der Waals surface area contributed by atoms with Crippen LogP contribution in [0.15, 0.2) is 42.6 Å². The molecular weight excluding hydrogens is 458 g/mol. The van der Waals surface area contributed by atoms with E-state index < -0.39 is 5.60 Å². The Hall–Kier alpha value is -4.07. The van der Waals surface area contributed by atoms with Gasteiger partial charge in [0, 0.05) is 24.4 Å². The predicted molar refractivity (Wildman–Crippen MR) is 138 cm³/mol. The lowest BCUT2D eigenvalue weighted by Gasteiger charge is -2.37. The number of carbonyl (C=O) groups is 2. The number of ether oxygens (including phenoxy) is 3. The number of nitrogens with zero attached hydrogens (tertiary/aromatic N) is 1. The smallest absolute Gasteiger partial charge is 0.308 e. The molecule has 4 rings (SSSR count). The van der Waals surface area contributed by atoms with Gasteiger partial charge in [0.1, 0.15) is 35.3 Å². The lowest BCUT2D eigenvalue weighted by Crippen LogP contribution is -2.42. The van der Waals surface area contributed by atoms with Gasteiger partial charge in [0.15, 0.2) is 0 Å². The molecule has 0 bridgehead atoms. The van der Waals surface area contributed by atoms with Crippen molar-refractivity contribution in [2.75, 3.05) is 17.7 Å². The summed E-state index contributed by atoms with van der Waals surface area (Å²) < 4.78 is 18.0. The molecule has 0 fully saturated rings. The van der Waals surface area contributed by atoms with E-state index in [1.807, 2.05) is 39.8 Å². The zero-order valence-electron chi connectivity index (χ0n) is 21.2. The lowest BCUT2D eigenvalue weighted by molar-refractivity contribution is -0.132. The molecule has 0 radical (unpaired) electrons. The molecule has 3 N–H and O–H groups in total. The molecule has 0 saturated heterocycles. The van der Waals surface area contributed by atoms with Crippen molar-refractivity contribution in [3.63, 3.8) is 0 Å². The van der Waals surface area contributed by atoms with Crippen LogP contribution in [0.4, 0.5) is 11.5 Å². The van der Waals surface area contributed by atoms with Gasteiger partial charge in [0.05, 0.1) is 5.56 Å². The first kappa shape index (κ1) is 25.0. The van der Waals surface area contributed by atoms with Crippen LogP contribution in [-0.2, 0) is 11.2 Å². The van der Waals surface area contributed by atoms with Crippen LogP contribution in [0, 0.1) is 20.8 Å². The van der Waals surface area contributed by atoms with Crippen molar-refractivity contribution < 1.29 is 23.8 Å². The molecule has 8 nitrogen and oxygen atoms in total. The van der Waals surface area contributed by atoms with Gasteiger partial charge in [-0.2, -0.15) is 0 Å². The molecule has 1 aliphatic heterocycles. The van der Waals surface area contributed by atoms with Gasteiger partial charge in [-0.15, -0.1) is 0 Å². The van der Waals surface area contributed by atoms with Crippen molar-refractivity contribution in [1.29, 1.82) is 0 Å². The number of fused-ring (bicyclic) bond motifs is 1. The standard InChI is InChI=1S/C28H31N3O5/c1-16-17(2)26-23(18(3)25(16)35-19(4)32)12-13-28(5,36-26)15-34-22-9-7-21(8-10-22)31-27(33)20-6-11-24(29)30-14-20/h6-11,14H,12-13,15H2,1-5H3,(H2,29,30)(H,31,33). The average Bonchev–Trinajstić information content (AvgIpc) is 2.85. The van der Waals surface area contributed by atoms with Gasteiger partial charge in [-0.1, -0.05) is 0 Å². The first-order valence-electron chi connectivity index (χ1n) is 11.8. The van der Waals surface area contributed by atoms with Crippen molar-refractivity contribution >= 4 is 23.4 Å². The van der Waals surface area contributed by atoms with Crippen LogP contribution in [0.1, 0.15) is 52.9 Å². The number of nitrogens with one attached hydrogen (secondary N) is 1. The largest absolute Gasteiger partial charge is 0.489 e. The van der Waals surface area contributed by atoms with Gasteiger partial charge in [0.25, 0.3) is 5.91 Å². The van der Waals surface area contributed by atoms with Crippen molar-refractivity contribution in [2.24, 2.45) is 0 Å². The fourth-order valence-corrected chi connectivity index (χ4v) is 4.29. The van der Waals surface area contributed by atoms with Crippen LogP contribution in [0.25, 0.3) is 0 Å². The van der Waals surface area contributed by atoms with Gasteiger partial charge in [-0.25, -0.2) is 4.98 Å². The molecule has 188 valence electrons. The molecule has 2 aromatic carbocycles. The molecular formula is C28H31N3O5. The number of benzene rings is 2. The van der Waals surface area contributed by atoms with Crippen LogP contribution >= 0.6 is 0 Å². The summed E-state index contributed by atoms with van der Waals surface area (Å²) in [7, 11) is 0. The van der Waals surface area contributed by atoms with Gasteiger partial charge in [-0.05, 0) is 93.6 Å². The fourth-order valence-electron chi connectivity index (χ4n) is 4.29. The van der Waals surface area contributed by atoms with E-state index in [2.05, 4.69) is 10.3 Å². The first-order valence-corrected chi connectivity index (χ1v) is 11.8. The summed E-state index contributed by atoms with van der Waals surface area (Å²) in [4.78, 5) is 27.9. The molecule has 0 spiro atoms. The van der Waals surface area contributed by atoms with E-state index in [1.165, 1.54) is 13.1 Å². The quantitative estimate of drug-likeness (QED) is 0.373. The molecule has 1 aliphatic rings. The summed E-state index contributed by atoms with van der Waals surface area (Å²) in [5, 5.41) is 2.83. The average molecular weight is 490 g/mol. The maximum absolute atomic E-state index is 12.4. The molecule has 8 heteroatoms. The fraction of sp³-hybridized carbons (Fsp3) is 0.321. The predicted octanol–water partition coefficient (Wildman–Crippen LogP) is 4.93. The Morgan fingerprint density at radius 1 is 1.08 bits per heavy atom. The third kappa shape index (κ3) is 5.27. The van der Waals surface area contributed by atoms with Crippen molar-refractivity contribution in [1.82, 2.24) is 4.98 Å². The van der Waals surface area contributed by atoms with Gasteiger partial charge in [0.2, 0.25) is 0 Å². The minimum atomic E-state index is -0.519. The van der Waals surface area contributed by atoms with E-state index in [0.29, 0.717) is 35.2 Å². The number of aromatic nitrogens is 1. The molecule has 36 heavy (non-hydrogen) atoms. The first-order chi connectivity index (χ1) is 17.1. The number of nitrogens with two attached hydrogens (primary N) is 1. The summed E-state index contributed by atoms with van der Waals surface area (Å²) in [5.74, 6) is 1.90. The lowest BCUT2D eigenvalue weighted by atomic mass is 9.87. The van der Waals surface area contributed by atoms with Gasteiger partial charge >= 0.3 is 5.97 Å². The van der Waals surface area contributed by atoms with Crippen LogP contribution in [0.3, 0.4) is 0 Å². The van der Waals surface area contributed by atoms with E-state index in [9.17, 15) is 9.59 Å². The van der Waals surface area contributed by atoms with E-state index >= 15 is 0 Å².